The highest BCUT2D eigenvalue weighted by atomic mass is 79.9. The molecule has 0 saturated carbocycles. The van der Waals surface area contributed by atoms with Crippen molar-refractivity contribution in [3.8, 4) is 0 Å². The summed E-state index contributed by atoms with van der Waals surface area (Å²) in [6.45, 7) is 2.31. The van der Waals surface area contributed by atoms with Crippen LogP contribution in [-0.4, -0.2) is 0 Å². The van der Waals surface area contributed by atoms with Gasteiger partial charge in [-0.05, 0) is 42.8 Å². The Morgan fingerprint density at radius 1 is 1.16 bits per heavy atom. The molecule has 100 valence electrons. The van der Waals surface area contributed by atoms with Crippen LogP contribution in [-0.2, 0) is 6.54 Å². The molecule has 0 bridgehead atoms. The third-order valence-corrected chi connectivity index (χ3v) is 3.45. The molecule has 2 aromatic carbocycles. The first-order chi connectivity index (χ1) is 9.06. The van der Waals surface area contributed by atoms with Crippen molar-refractivity contribution in [2.24, 2.45) is 0 Å². The number of halogens is 3. The average molecular weight is 326 g/mol. The number of nitrogens with one attached hydrogen (secondary N) is 1. The van der Waals surface area contributed by atoms with Crippen LogP contribution in [0.15, 0.2) is 46.9 Å². The lowest BCUT2D eigenvalue weighted by atomic mass is 10.1. The van der Waals surface area contributed by atoms with Gasteiger partial charge >= 0.3 is 0 Å². The van der Waals surface area contributed by atoms with Crippen molar-refractivity contribution in [2.45, 2.75) is 19.5 Å². The second kappa shape index (κ2) is 6.26. The molecular formula is C15H14BrF2N. The fourth-order valence-electron chi connectivity index (χ4n) is 1.84. The Morgan fingerprint density at radius 2 is 1.95 bits per heavy atom. The first kappa shape index (κ1) is 14.2. The van der Waals surface area contributed by atoms with E-state index in [9.17, 15) is 8.78 Å². The van der Waals surface area contributed by atoms with Gasteiger partial charge in [0.2, 0.25) is 0 Å². The van der Waals surface area contributed by atoms with Crippen LogP contribution in [0.4, 0.5) is 8.78 Å². The van der Waals surface area contributed by atoms with Gasteiger partial charge in [-0.3, -0.25) is 0 Å². The Hall–Kier alpha value is -1.26. The Labute approximate surface area is 119 Å². The molecule has 0 saturated heterocycles. The van der Waals surface area contributed by atoms with E-state index in [1.54, 1.807) is 18.2 Å². The van der Waals surface area contributed by atoms with E-state index in [0.29, 0.717) is 12.1 Å². The molecule has 0 aliphatic carbocycles. The predicted octanol–water partition coefficient (Wildman–Crippen LogP) is 4.58. The second-order valence-electron chi connectivity index (χ2n) is 4.39. The average Bonchev–Trinajstić information content (AvgIpc) is 2.39. The maximum Gasteiger partial charge on any atom is 0.127 e. The minimum atomic E-state index is -0.264. The van der Waals surface area contributed by atoms with Crippen LogP contribution in [0.2, 0.25) is 0 Å². The monoisotopic (exact) mass is 325 g/mol. The summed E-state index contributed by atoms with van der Waals surface area (Å²) in [5, 5.41) is 3.18. The predicted molar refractivity (Wildman–Crippen MR) is 75.8 cm³/mol. The summed E-state index contributed by atoms with van der Waals surface area (Å²) in [7, 11) is 0. The molecule has 0 aromatic heterocycles. The summed E-state index contributed by atoms with van der Waals surface area (Å²) in [4.78, 5) is 0. The van der Waals surface area contributed by atoms with Gasteiger partial charge in [0, 0.05) is 22.6 Å². The van der Waals surface area contributed by atoms with Crippen molar-refractivity contribution < 1.29 is 8.78 Å². The van der Waals surface area contributed by atoms with Crippen LogP contribution in [0.25, 0.3) is 0 Å². The van der Waals surface area contributed by atoms with Gasteiger partial charge in [-0.25, -0.2) is 8.78 Å². The van der Waals surface area contributed by atoms with E-state index in [0.717, 1.165) is 10.0 Å². The lowest BCUT2D eigenvalue weighted by Crippen LogP contribution is -2.18. The molecule has 1 N–H and O–H groups in total. The lowest BCUT2D eigenvalue weighted by molar-refractivity contribution is 0.539. The van der Waals surface area contributed by atoms with E-state index in [1.807, 2.05) is 13.0 Å². The van der Waals surface area contributed by atoms with Crippen LogP contribution in [0.3, 0.4) is 0 Å². The van der Waals surface area contributed by atoms with Gasteiger partial charge in [0.15, 0.2) is 0 Å². The number of benzene rings is 2. The summed E-state index contributed by atoms with van der Waals surface area (Å²) in [5.41, 5.74) is 1.42. The molecular weight excluding hydrogens is 312 g/mol. The van der Waals surface area contributed by atoms with Crippen molar-refractivity contribution >= 4 is 15.9 Å². The van der Waals surface area contributed by atoms with Crippen LogP contribution in [0.5, 0.6) is 0 Å². The first-order valence-electron chi connectivity index (χ1n) is 5.99. The van der Waals surface area contributed by atoms with E-state index in [1.165, 1.54) is 18.2 Å². The van der Waals surface area contributed by atoms with Gasteiger partial charge in [-0.2, -0.15) is 0 Å². The molecule has 0 radical (unpaired) electrons. The molecule has 2 aromatic rings. The van der Waals surface area contributed by atoms with Gasteiger partial charge in [-0.1, -0.05) is 28.1 Å². The van der Waals surface area contributed by atoms with Crippen molar-refractivity contribution in [1.29, 1.82) is 0 Å². The van der Waals surface area contributed by atoms with E-state index in [4.69, 9.17) is 0 Å². The van der Waals surface area contributed by atoms with Crippen LogP contribution < -0.4 is 5.32 Å². The third kappa shape index (κ3) is 3.85. The highest BCUT2D eigenvalue weighted by Gasteiger charge is 2.08. The molecule has 19 heavy (non-hydrogen) atoms. The Kier molecular flexibility index (Phi) is 4.66. The van der Waals surface area contributed by atoms with Crippen molar-refractivity contribution in [3.05, 3.63) is 69.7 Å². The Morgan fingerprint density at radius 3 is 2.68 bits per heavy atom. The maximum absolute atomic E-state index is 13.6. The fraction of sp³-hybridized carbons (Fsp3) is 0.200. The number of hydrogen-bond donors (Lipinski definition) is 1. The largest absolute Gasteiger partial charge is 0.306 e. The standard InChI is InChI=1S/C15H14BrF2N/c1-10(11-3-2-4-14(17)8-11)19-9-12-7-13(16)5-6-15(12)18/h2-8,10,19H,9H2,1H3/t10-/m1/s1. The van der Waals surface area contributed by atoms with E-state index in [-0.39, 0.29) is 17.7 Å². The topological polar surface area (TPSA) is 12.0 Å². The summed E-state index contributed by atoms with van der Waals surface area (Å²) >= 11 is 3.31. The van der Waals surface area contributed by atoms with Crippen LogP contribution in [0, 0.1) is 11.6 Å². The zero-order chi connectivity index (χ0) is 13.8. The minimum Gasteiger partial charge on any atom is -0.306 e. The summed E-state index contributed by atoms with van der Waals surface area (Å²) < 4.78 is 27.5. The van der Waals surface area contributed by atoms with Gasteiger partial charge in [0.05, 0.1) is 0 Å². The zero-order valence-corrected chi connectivity index (χ0v) is 12.0. The minimum absolute atomic E-state index is 0.0471. The van der Waals surface area contributed by atoms with Crippen LogP contribution in [0.1, 0.15) is 24.1 Å². The van der Waals surface area contributed by atoms with Gasteiger partial charge in [0.25, 0.3) is 0 Å². The van der Waals surface area contributed by atoms with E-state index in [2.05, 4.69) is 21.2 Å². The SMILES string of the molecule is C[C@@H](NCc1cc(Br)ccc1F)c1cccc(F)c1. The lowest BCUT2D eigenvalue weighted by Gasteiger charge is -2.15. The Bertz CT molecular complexity index is 572. The first-order valence-corrected chi connectivity index (χ1v) is 6.78. The summed E-state index contributed by atoms with van der Waals surface area (Å²) in [6.07, 6.45) is 0. The van der Waals surface area contributed by atoms with Gasteiger partial charge in [-0.15, -0.1) is 0 Å². The Balaban J connectivity index is 2.04. The molecule has 0 unspecified atom stereocenters. The second-order valence-corrected chi connectivity index (χ2v) is 5.31. The molecule has 0 heterocycles. The molecule has 0 aliphatic rings. The zero-order valence-electron chi connectivity index (χ0n) is 10.5. The molecule has 0 aliphatic heterocycles. The van der Waals surface area contributed by atoms with Crippen LogP contribution >= 0.6 is 15.9 Å². The van der Waals surface area contributed by atoms with Gasteiger partial charge < -0.3 is 5.32 Å². The molecule has 0 spiro atoms. The normalized spacial score (nSPS) is 12.4. The quantitative estimate of drug-likeness (QED) is 0.867. The molecule has 2 rings (SSSR count). The molecule has 4 heteroatoms. The van der Waals surface area contributed by atoms with Crippen molar-refractivity contribution in [3.63, 3.8) is 0 Å². The van der Waals surface area contributed by atoms with Crippen molar-refractivity contribution in [2.75, 3.05) is 0 Å². The number of hydrogen-bond acceptors (Lipinski definition) is 1. The maximum atomic E-state index is 13.6. The van der Waals surface area contributed by atoms with E-state index < -0.39 is 0 Å². The van der Waals surface area contributed by atoms with Crippen molar-refractivity contribution in [1.82, 2.24) is 5.32 Å². The fourth-order valence-corrected chi connectivity index (χ4v) is 2.24. The highest BCUT2D eigenvalue weighted by molar-refractivity contribution is 9.10. The third-order valence-electron chi connectivity index (χ3n) is 2.96. The summed E-state index contributed by atoms with van der Waals surface area (Å²) in [6, 6.07) is 11.2. The smallest absolute Gasteiger partial charge is 0.127 e. The van der Waals surface area contributed by atoms with Gasteiger partial charge in [0.1, 0.15) is 11.6 Å². The summed E-state index contributed by atoms with van der Waals surface area (Å²) in [5.74, 6) is -0.512. The molecule has 0 fully saturated rings. The molecule has 0 amide bonds. The van der Waals surface area contributed by atoms with E-state index >= 15 is 0 Å². The molecule has 1 atom stereocenters. The number of rotatable bonds is 4. The highest BCUT2D eigenvalue weighted by Crippen LogP contribution is 2.18. The molecule has 1 nitrogen and oxygen atoms in total.